The number of aliphatic hydroxyl groups excluding tert-OH is 2. The number of hydrogen-bond donors (Lipinski definition) is 2. The van der Waals surface area contributed by atoms with Gasteiger partial charge in [0.2, 0.25) is 12.2 Å². The smallest absolute Gasteiger partial charge is 0.339 e. The lowest BCUT2D eigenvalue weighted by atomic mass is 9.98. The van der Waals surface area contributed by atoms with Crippen LogP contribution in [-0.4, -0.2) is 168 Å². The van der Waals surface area contributed by atoms with Crippen LogP contribution in [0.5, 0.6) is 11.5 Å². The Balaban J connectivity index is 1.05. The molecule has 0 saturated carbocycles. The maximum Gasteiger partial charge on any atom is 0.339 e. The van der Waals surface area contributed by atoms with Gasteiger partial charge in [0.1, 0.15) is 23.1 Å². The zero-order chi connectivity index (χ0) is 61.3. The molecule has 4 saturated heterocycles. The van der Waals surface area contributed by atoms with Gasteiger partial charge in [0.25, 0.3) is 11.8 Å². The first-order valence-corrected chi connectivity index (χ1v) is 30.7. The molecule has 6 atom stereocenters. The van der Waals surface area contributed by atoms with E-state index in [9.17, 15) is 28.6 Å². The van der Waals surface area contributed by atoms with E-state index in [0.29, 0.717) is 127 Å². The topological polar surface area (TPSA) is 196 Å². The summed E-state index contributed by atoms with van der Waals surface area (Å²) in [5.41, 5.74) is 1.56. The summed E-state index contributed by atoms with van der Waals surface area (Å²) >= 11 is 0. The molecule has 470 valence electrons. The van der Waals surface area contributed by atoms with Crippen LogP contribution in [0.4, 0.5) is 8.78 Å². The molecule has 2 N–H and O–H groups in total. The van der Waals surface area contributed by atoms with Gasteiger partial charge >= 0.3 is 11.9 Å². The van der Waals surface area contributed by atoms with Crippen molar-refractivity contribution in [2.75, 3.05) is 65.8 Å². The van der Waals surface area contributed by atoms with Gasteiger partial charge in [-0.15, -0.1) is 0 Å². The van der Waals surface area contributed by atoms with Gasteiger partial charge in [-0.25, -0.2) is 18.4 Å². The Hall–Kier alpha value is -6.10. The van der Waals surface area contributed by atoms with Crippen LogP contribution in [0.3, 0.4) is 0 Å². The van der Waals surface area contributed by atoms with Gasteiger partial charge in [0.15, 0.2) is 24.8 Å². The SMILES string of the molecule is CC(C)COc1cccc(C(OC(=O)C(O)C(O)C(=O)OC(C(=O)N(Cc2ccc(F)cc2)C2CCN(C(C)CC3OCCCO3)CC2)c2cccc(OCC(C)C)c2)C(=O)N(Cc2ccc(F)cc2)C2CCN(C(C)CC3OCCCO3)CC2)c1. The van der Waals surface area contributed by atoms with E-state index >= 15 is 9.59 Å². The van der Waals surface area contributed by atoms with Crippen LogP contribution in [0.1, 0.15) is 127 Å². The number of halogens is 2. The van der Waals surface area contributed by atoms with Crippen LogP contribution in [-0.2, 0) is 60.7 Å². The van der Waals surface area contributed by atoms with Crippen LogP contribution < -0.4 is 9.47 Å². The fourth-order valence-corrected chi connectivity index (χ4v) is 11.3. The lowest BCUT2D eigenvalue weighted by molar-refractivity contribution is -0.188. The summed E-state index contributed by atoms with van der Waals surface area (Å²) in [6.07, 6.45) is -4.30. The third-order valence-corrected chi connectivity index (χ3v) is 16.3. The third kappa shape index (κ3) is 19.0. The molecular formula is C66H88F2N4O14. The zero-order valence-corrected chi connectivity index (χ0v) is 50.6. The Kier molecular flexibility index (Phi) is 24.7. The molecule has 18 nitrogen and oxygen atoms in total. The van der Waals surface area contributed by atoms with E-state index in [0.717, 1.165) is 12.8 Å². The fraction of sp³-hybridized carbons (Fsp3) is 0.576. The summed E-state index contributed by atoms with van der Waals surface area (Å²) < 4.78 is 76.2. The van der Waals surface area contributed by atoms with Crippen LogP contribution in [0.15, 0.2) is 97.1 Å². The van der Waals surface area contributed by atoms with Crippen LogP contribution >= 0.6 is 0 Å². The number of aliphatic hydroxyl groups is 2. The van der Waals surface area contributed by atoms with E-state index < -0.39 is 71.9 Å². The molecule has 2 amide bonds. The Morgan fingerprint density at radius 2 is 0.884 bits per heavy atom. The minimum Gasteiger partial charge on any atom is -0.493 e. The number of amides is 2. The van der Waals surface area contributed by atoms with Gasteiger partial charge in [-0.2, -0.15) is 0 Å². The van der Waals surface area contributed by atoms with Gasteiger partial charge in [-0.1, -0.05) is 76.2 Å². The lowest BCUT2D eigenvalue weighted by Gasteiger charge is -2.42. The molecule has 8 rings (SSSR count). The van der Waals surface area contributed by atoms with Crippen molar-refractivity contribution < 1.29 is 76.1 Å². The molecule has 4 aromatic rings. The molecule has 4 aliphatic rings. The maximum atomic E-state index is 15.5. The molecule has 4 aliphatic heterocycles. The van der Waals surface area contributed by atoms with E-state index in [1.807, 2.05) is 27.7 Å². The number of rotatable bonds is 27. The molecule has 4 fully saturated rings. The second-order valence-electron chi connectivity index (χ2n) is 24.0. The molecule has 86 heavy (non-hydrogen) atoms. The second-order valence-corrected chi connectivity index (χ2v) is 24.0. The van der Waals surface area contributed by atoms with Gasteiger partial charge in [-0.3, -0.25) is 9.59 Å². The minimum atomic E-state index is -2.63. The highest BCUT2D eigenvalue weighted by Gasteiger charge is 2.43. The standard InChI is InChI=1S/C66H88F2N4O14/c1-43(2)41-83-55-13-7-11-49(37-55)61(63(75)71(39-47-15-19-51(67)20-16-47)53-23-27-69(28-24-53)45(5)35-57-79-31-9-32-80-57)85-65(77)59(73)60(74)66(78)86-62(50-12-8-14-56(38-50)84-42-44(3)4)64(76)72(40-48-17-21-52(68)22-18-48)54-25-29-70(30-26-54)46(6)36-58-81-33-10-34-82-58/h7-8,11-22,37-38,43-46,53-54,57-62,73-74H,9-10,23-36,39-42H2,1-6H3. The zero-order valence-electron chi connectivity index (χ0n) is 50.6. The number of piperidine rings is 2. The monoisotopic (exact) mass is 1200 g/mol. The third-order valence-electron chi connectivity index (χ3n) is 16.3. The highest BCUT2D eigenvalue weighted by Crippen LogP contribution is 2.34. The largest absolute Gasteiger partial charge is 0.493 e. The molecule has 6 unspecified atom stereocenters. The van der Waals surface area contributed by atoms with Crippen molar-refractivity contribution in [3.8, 4) is 11.5 Å². The molecule has 4 heterocycles. The first kappa shape index (κ1) is 65.9. The summed E-state index contributed by atoms with van der Waals surface area (Å²) in [6, 6.07) is 23.8. The van der Waals surface area contributed by atoms with E-state index in [1.165, 1.54) is 24.3 Å². The highest BCUT2D eigenvalue weighted by atomic mass is 19.1. The van der Waals surface area contributed by atoms with Crippen molar-refractivity contribution in [2.24, 2.45) is 11.8 Å². The number of benzene rings is 4. The predicted molar refractivity (Wildman–Crippen MR) is 315 cm³/mol. The van der Waals surface area contributed by atoms with Crippen LogP contribution in [0.2, 0.25) is 0 Å². The summed E-state index contributed by atoms with van der Waals surface area (Å²) in [7, 11) is 0. The second kappa shape index (κ2) is 32.2. The maximum absolute atomic E-state index is 15.5. The molecule has 0 bridgehead atoms. The molecular weight excluding hydrogens is 1110 g/mol. The van der Waals surface area contributed by atoms with Crippen molar-refractivity contribution in [1.29, 1.82) is 0 Å². The average Bonchev–Trinajstić information content (AvgIpc) is 3.66. The number of ether oxygens (including phenoxy) is 8. The van der Waals surface area contributed by atoms with E-state index in [4.69, 9.17) is 37.9 Å². The molecule has 0 aromatic heterocycles. The Bertz CT molecular complexity index is 2580. The Morgan fingerprint density at radius 3 is 1.22 bits per heavy atom. The first-order valence-electron chi connectivity index (χ1n) is 30.7. The van der Waals surface area contributed by atoms with Crippen LogP contribution in [0, 0.1) is 23.5 Å². The summed E-state index contributed by atoms with van der Waals surface area (Å²) in [5, 5.41) is 23.5. The number of carbonyl (C=O) groups is 4. The van der Waals surface area contributed by atoms with E-state index in [2.05, 4.69) is 23.6 Å². The fourth-order valence-electron chi connectivity index (χ4n) is 11.3. The van der Waals surface area contributed by atoms with Gasteiger partial charge in [-0.05, 0) is 124 Å². The van der Waals surface area contributed by atoms with E-state index in [-0.39, 0.29) is 60.7 Å². The van der Waals surface area contributed by atoms with E-state index in [1.54, 1.807) is 82.6 Å². The highest BCUT2D eigenvalue weighted by molar-refractivity contribution is 5.91. The lowest BCUT2D eigenvalue weighted by Crippen LogP contribution is -2.52. The van der Waals surface area contributed by atoms with Crippen molar-refractivity contribution in [3.63, 3.8) is 0 Å². The predicted octanol–water partition coefficient (Wildman–Crippen LogP) is 8.69. The van der Waals surface area contributed by atoms with Gasteiger partial charge < -0.3 is 67.7 Å². The number of nitrogens with zero attached hydrogens (tertiary/aromatic N) is 4. The minimum absolute atomic E-state index is 0.000991. The Labute approximate surface area is 504 Å². The number of likely N-dealkylation sites (tertiary alicyclic amines) is 2. The van der Waals surface area contributed by atoms with Gasteiger partial charge in [0, 0.05) is 87.4 Å². The molecule has 0 spiro atoms. The average molecular weight is 1200 g/mol. The van der Waals surface area contributed by atoms with Gasteiger partial charge in [0.05, 0.1) is 39.6 Å². The quantitative estimate of drug-likeness (QED) is 0.0538. The van der Waals surface area contributed by atoms with Crippen LogP contribution in [0.25, 0.3) is 0 Å². The molecule has 0 radical (unpaired) electrons. The van der Waals surface area contributed by atoms with Crippen molar-refractivity contribution in [3.05, 3.63) is 131 Å². The van der Waals surface area contributed by atoms with Crippen molar-refractivity contribution in [1.82, 2.24) is 19.6 Å². The first-order chi connectivity index (χ1) is 41.4. The normalized spacial score (nSPS) is 19.3. The number of esters is 2. The summed E-state index contributed by atoms with van der Waals surface area (Å²) in [4.78, 5) is 67.7. The summed E-state index contributed by atoms with van der Waals surface area (Å²) in [6.45, 7) is 17.8. The number of carbonyl (C=O) groups excluding carboxylic acids is 4. The van der Waals surface area contributed by atoms with Crippen molar-refractivity contribution >= 4 is 23.8 Å². The van der Waals surface area contributed by atoms with Crippen molar-refractivity contribution in [2.45, 2.75) is 167 Å². The molecule has 20 heteroatoms. The molecule has 0 aliphatic carbocycles. The summed E-state index contributed by atoms with van der Waals surface area (Å²) in [5.74, 6) is -4.34. The Morgan fingerprint density at radius 1 is 0.535 bits per heavy atom. The number of hydrogen-bond acceptors (Lipinski definition) is 16. The molecule has 4 aromatic carbocycles.